The van der Waals surface area contributed by atoms with E-state index in [9.17, 15) is 8.42 Å². The van der Waals surface area contributed by atoms with Crippen molar-refractivity contribution in [3.8, 4) is 5.69 Å². The van der Waals surface area contributed by atoms with Crippen molar-refractivity contribution in [2.75, 3.05) is 4.72 Å². The highest BCUT2D eigenvalue weighted by Crippen LogP contribution is 2.25. The number of aromatic nitrogens is 2. The standard InChI is InChI=1S/C15H10Cl3N3O2S/c16-10-1-7-13(8-2-10)24(22,23)20-11-3-5-12(6-4-11)21-9-19-14(17)15(21)18/h1-9,20H. The van der Waals surface area contributed by atoms with Crippen LogP contribution in [0.5, 0.6) is 0 Å². The fourth-order valence-electron chi connectivity index (χ4n) is 2.01. The predicted octanol–water partition coefficient (Wildman–Crippen LogP) is 4.63. The van der Waals surface area contributed by atoms with Crippen LogP contribution in [0.15, 0.2) is 59.8 Å². The molecule has 0 aliphatic carbocycles. The monoisotopic (exact) mass is 401 g/mol. The Labute approximate surface area is 153 Å². The van der Waals surface area contributed by atoms with E-state index in [4.69, 9.17) is 34.8 Å². The molecule has 3 aromatic rings. The molecule has 5 nitrogen and oxygen atoms in total. The third kappa shape index (κ3) is 3.52. The number of imidazole rings is 1. The predicted molar refractivity (Wildman–Crippen MR) is 95.8 cm³/mol. The molecule has 124 valence electrons. The van der Waals surface area contributed by atoms with Crippen molar-refractivity contribution in [2.45, 2.75) is 4.90 Å². The Balaban J connectivity index is 1.84. The van der Waals surface area contributed by atoms with Crippen molar-refractivity contribution in [3.05, 3.63) is 70.2 Å². The van der Waals surface area contributed by atoms with E-state index in [1.807, 2.05) is 0 Å². The van der Waals surface area contributed by atoms with Crippen LogP contribution < -0.4 is 4.72 Å². The Morgan fingerprint density at radius 2 is 1.54 bits per heavy atom. The minimum absolute atomic E-state index is 0.125. The van der Waals surface area contributed by atoms with Crippen LogP contribution in [0, 0.1) is 0 Å². The molecule has 0 aliphatic heterocycles. The molecule has 1 N–H and O–H groups in total. The van der Waals surface area contributed by atoms with Gasteiger partial charge >= 0.3 is 0 Å². The summed E-state index contributed by atoms with van der Waals surface area (Å²) in [4.78, 5) is 4.02. The number of nitrogens with one attached hydrogen (secondary N) is 1. The van der Waals surface area contributed by atoms with E-state index in [0.29, 0.717) is 16.4 Å². The molecule has 0 atom stereocenters. The molecule has 0 fully saturated rings. The van der Waals surface area contributed by atoms with Gasteiger partial charge in [-0.05, 0) is 48.5 Å². The topological polar surface area (TPSA) is 64.0 Å². The number of hydrogen-bond acceptors (Lipinski definition) is 3. The molecule has 1 heterocycles. The van der Waals surface area contributed by atoms with Crippen LogP contribution in [0.4, 0.5) is 5.69 Å². The smallest absolute Gasteiger partial charge is 0.261 e. The fraction of sp³-hybridized carbons (Fsp3) is 0. The minimum atomic E-state index is -3.69. The van der Waals surface area contributed by atoms with Crippen molar-refractivity contribution < 1.29 is 8.42 Å². The van der Waals surface area contributed by atoms with Crippen LogP contribution in [0.2, 0.25) is 15.3 Å². The van der Waals surface area contributed by atoms with Gasteiger partial charge in [0.1, 0.15) is 6.33 Å². The second kappa shape index (κ2) is 6.64. The van der Waals surface area contributed by atoms with Crippen molar-refractivity contribution in [2.24, 2.45) is 0 Å². The maximum Gasteiger partial charge on any atom is 0.261 e. The average molecular weight is 403 g/mol. The van der Waals surface area contributed by atoms with Crippen LogP contribution in [0.1, 0.15) is 0 Å². The molecule has 0 spiro atoms. The number of halogens is 3. The quantitative estimate of drug-likeness (QED) is 0.692. The first-order valence-electron chi connectivity index (χ1n) is 6.64. The highest BCUT2D eigenvalue weighted by molar-refractivity contribution is 7.92. The molecular formula is C15H10Cl3N3O2S. The van der Waals surface area contributed by atoms with Crippen LogP contribution in [-0.4, -0.2) is 18.0 Å². The van der Waals surface area contributed by atoms with Gasteiger partial charge in [0, 0.05) is 16.4 Å². The van der Waals surface area contributed by atoms with Gasteiger partial charge in [0.2, 0.25) is 0 Å². The number of benzene rings is 2. The fourth-order valence-corrected chi connectivity index (χ4v) is 3.52. The van der Waals surface area contributed by atoms with Gasteiger partial charge in [-0.15, -0.1) is 0 Å². The number of anilines is 1. The second-order valence-electron chi connectivity index (χ2n) is 4.80. The lowest BCUT2D eigenvalue weighted by Gasteiger charge is -2.09. The maximum absolute atomic E-state index is 12.3. The third-order valence-corrected chi connectivity index (χ3v) is 5.57. The normalized spacial score (nSPS) is 11.5. The summed E-state index contributed by atoms with van der Waals surface area (Å²) in [5.74, 6) is 0. The Kier molecular flexibility index (Phi) is 4.73. The Bertz CT molecular complexity index is 968. The summed E-state index contributed by atoms with van der Waals surface area (Å²) < 4.78 is 28.7. The van der Waals surface area contributed by atoms with Gasteiger partial charge in [0.25, 0.3) is 10.0 Å². The number of hydrogen-bond donors (Lipinski definition) is 1. The second-order valence-corrected chi connectivity index (χ2v) is 7.64. The summed E-state index contributed by atoms with van der Waals surface area (Å²) >= 11 is 17.6. The van der Waals surface area contributed by atoms with E-state index in [1.54, 1.807) is 28.8 Å². The molecule has 0 bridgehead atoms. The zero-order valence-corrected chi connectivity index (χ0v) is 15.0. The molecule has 1 aromatic heterocycles. The van der Waals surface area contributed by atoms with Gasteiger partial charge in [-0.25, -0.2) is 13.4 Å². The Morgan fingerprint density at radius 3 is 2.08 bits per heavy atom. The highest BCUT2D eigenvalue weighted by atomic mass is 35.5. The molecule has 0 radical (unpaired) electrons. The number of rotatable bonds is 4. The summed E-state index contributed by atoms with van der Waals surface area (Å²) in [5, 5.41) is 0.949. The summed E-state index contributed by atoms with van der Waals surface area (Å²) in [7, 11) is -3.69. The number of sulfonamides is 1. The van der Waals surface area contributed by atoms with Crippen LogP contribution in [0.25, 0.3) is 5.69 Å². The Morgan fingerprint density at radius 1 is 0.917 bits per heavy atom. The highest BCUT2D eigenvalue weighted by Gasteiger charge is 2.14. The lowest BCUT2D eigenvalue weighted by molar-refractivity contribution is 0.601. The summed E-state index contributed by atoms with van der Waals surface area (Å²) in [6.45, 7) is 0. The third-order valence-electron chi connectivity index (χ3n) is 3.19. The summed E-state index contributed by atoms with van der Waals surface area (Å²) in [5.41, 5.74) is 1.12. The Hall–Kier alpha value is -1.73. The van der Waals surface area contributed by atoms with Gasteiger partial charge in [0.05, 0.1) is 4.90 Å². The molecule has 0 unspecified atom stereocenters. The number of nitrogens with zero attached hydrogens (tertiary/aromatic N) is 2. The van der Waals surface area contributed by atoms with Crippen LogP contribution >= 0.6 is 34.8 Å². The lowest BCUT2D eigenvalue weighted by atomic mass is 10.3. The minimum Gasteiger partial charge on any atom is -0.288 e. The van der Waals surface area contributed by atoms with E-state index >= 15 is 0 Å². The molecule has 2 aromatic carbocycles. The van der Waals surface area contributed by atoms with Crippen molar-refractivity contribution in [1.82, 2.24) is 9.55 Å². The molecule has 3 rings (SSSR count). The molecule has 0 saturated heterocycles. The molecule has 9 heteroatoms. The summed E-state index contributed by atoms with van der Waals surface area (Å²) in [6, 6.07) is 12.5. The molecule has 24 heavy (non-hydrogen) atoms. The zero-order valence-electron chi connectivity index (χ0n) is 11.9. The van der Waals surface area contributed by atoms with E-state index in [-0.39, 0.29) is 15.2 Å². The van der Waals surface area contributed by atoms with Gasteiger partial charge in [-0.3, -0.25) is 9.29 Å². The summed E-state index contributed by atoms with van der Waals surface area (Å²) in [6.07, 6.45) is 1.48. The van der Waals surface area contributed by atoms with Gasteiger partial charge in [-0.2, -0.15) is 0 Å². The molecular weight excluding hydrogens is 393 g/mol. The molecule has 0 aliphatic rings. The SMILES string of the molecule is O=S(=O)(Nc1ccc(-n2cnc(Cl)c2Cl)cc1)c1ccc(Cl)cc1. The van der Waals surface area contributed by atoms with Gasteiger partial charge in [0.15, 0.2) is 10.3 Å². The van der Waals surface area contributed by atoms with E-state index in [1.165, 1.54) is 30.6 Å². The van der Waals surface area contributed by atoms with Gasteiger partial charge in [-0.1, -0.05) is 34.8 Å². The van der Waals surface area contributed by atoms with E-state index in [2.05, 4.69) is 9.71 Å². The van der Waals surface area contributed by atoms with E-state index in [0.717, 1.165) is 0 Å². The lowest BCUT2D eigenvalue weighted by Crippen LogP contribution is -2.12. The first kappa shape index (κ1) is 17.1. The largest absolute Gasteiger partial charge is 0.288 e. The van der Waals surface area contributed by atoms with Crippen LogP contribution in [-0.2, 0) is 10.0 Å². The van der Waals surface area contributed by atoms with Crippen molar-refractivity contribution >= 4 is 50.5 Å². The van der Waals surface area contributed by atoms with Crippen molar-refractivity contribution in [1.29, 1.82) is 0 Å². The van der Waals surface area contributed by atoms with Crippen molar-refractivity contribution in [3.63, 3.8) is 0 Å². The van der Waals surface area contributed by atoms with Crippen LogP contribution in [0.3, 0.4) is 0 Å². The van der Waals surface area contributed by atoms with Gasteiger partial charge < -0.3 is 0 Å². The maximum atomic E-state index is 12.3. The zero-order chi connectivity index (χ0) is 17.3. The molecule has 0 amide bonds. The van der Waals surface area contributed by atoms with E-state index < -0.39 is 10.0 Å². The average Bonchev–Trinajstić information content (AvgIpc) is 2.88. The first-order chi connectivity index (χ1) is 11.4. The molecule has 0 saturated carbocycles. The first-order valence-corrected chi connectivity index (χ1v) is 9.26.